The molecular weight excluding hydrogens is 292 g/mol. The predicted octanol–water partition coefficient (Wildman–Crippen LogP) is 2.83. The van der Waals surface area contributed by atoms with Gasteiger partial charge in [-0.1, -0.05) is 11.6 Å². The molecule has 0 bridgehead atoms. The lowest BCUT2D eigenvalue weighted by Crippen LogP contribution is -2.44. The van der Waals surface area contributed by atoms with Crippen LogP contribution in [0.3, 0.4) is 0 Å². The molecule has 0 atom stereocenters. The van der Waals surface area contributed by atoms with Crippen molar-refractivity contribution in [3.8, 4) is 0 Å². The van der Waals surface area contributed by atoms with Gasteiger partial charge in [0, 0.05) is 44.3 Å². The van der Waals surface area contributed by atoms with E-state index in [4.69, 9.17) is 11.6 Å². The van der Waals surface area contributed by atoms with E-state index in [1.807, 2.05) is 49.7 Å². The monoisotopic (exact) mass is 316 g/mol. The summed E-state index contributed by atoms with van der Waals surface area (Å²) in [7, 11) is 5.84. The highest BCUT2D eigenvalue weighted by atomic mass is 35.5. The molecule has 0 aliphatic carbocycles. The molecule has 0 aliphatic rings. The predicted molar refractivity (Wildman–Crippen MR) is 90.8 cm³/mol. The van der Waals surface area contributed by atoms with Crippen LogP contribution in [0.25, 0.3) is 0 Å². The van der Waals surface area contributed by atoms with Gasteiger partial charge in [0.2, 0.25) is 0 Å². The number of aryl methyl sites for hydroxylation is 1. The Hall–Kier alpha value is -0.810. The van der Waals surface area contributed by atoms with Crippen LogP contribution in [0.2, 0.25) is 5.02 Å². The summed E-state index contributed by atoms with van der Waals surface area (Å²) in [5.74, 6) is 0.893. The van der Waals surface area contributed by atoms with Crippen molar-refractivity contribution in [2.75, 3.05) is 26.9 Å². The highest BCUT2D eigenvalue weighted by Crippen LogP contribution is 2.19. The van der Waals surface area contributed by atoms with Crippen LogP contribution in [0.4, 0.5) is 0 Å². The first-order valence-corrected chi connectivity index (χ1v) is 8.17. The second kappa shape index (κ2) is 7.27. The maximum Gasteiger partial charge on any atom is 0.193 e. The van der Waals surface area contributed by atoms with Gasteiger partial charge in [-0.3, -0.25) is 4.99 Å². The van der Waals surface area contributed by atoms with E-state index in [2.05, 4.69) is 35.3 Å². The van der Waals surface area contributed by atoms with E-state index in [0.29, 0.717) is 0 Å². The van der Waals surface area contributed by atoms with Crippen molar-refractivity contribution in [2.45, 2.75) is 25.1 Å². The number of hydrogen-bond donors (Lipinski definition) is 1. The second-order valence-electron chi connectivity index (χ2n) is 5.48. The van der Waals surface area contributed by atoms with Gasteiger partial charge >= 0.3 is 0 Å². The minimum absolute atomic E-state index is 0.186. The quantitative estimate of drug-likeness (QED) is 0.670. The van der Waals surface area contributed by atoms with Crippen LogP contribution < -0.4 is 5.32 Å². The molecule has 0 unspecified atom stereocenters. The largest absolute Gasteiger partial charge is 0.355 e. The van der Waals surface area contributed by atoms with Crippen LogP contribution in [-0.2, 0) is 13.6 Å². The van der Waals surface area contributed by atoms with Crippen LogP contribution in [-0.4, -0.2) is 47.1 Å². The third-order valence-corrected chi connectivity index (χ3v) is 4.73. The van der Waals surface area contributed by atoms with E-state index in [1.165, 1.54) is 0 Å². The van der Waals surface area contributed by atoms with Crippen molar-refractivity contribution in [3.05, 3.63) is 23.0 Å². The molecule has 0 spiro atoms. The number of halogens is 1. The van der Waals surface area contributed by atoms with Crippen LogP contribution in [0.15, 0.2) is 17.3 Å². The van der Waals surface area contributed by atoms with Crippen LogP contribution in [0, 0.1) is 0 Å². The molecule has 0 aromatic carbocycles. The SMILES string of the molecule is CN=C(NCC(C)(C)SC)N(C)Cc1cc(Cl)cn1C. The van der Waals surface area contributed by atoms with Gasteiger partial charge in [-0.25, -0.2) is 0 Å². The van der Waals surface area contributed by atoms with E-state index < -0.39 is 0 Å². The molecular formula is C14H25ClN4S. The highest BCUT2D eigenvalue weighted by molar-refractivity contribution is 7.99. The van der Waals surface area contributed by atoms with Crippen LogP contribution >= 0.6 is 23.4 Å². The number of aliphatic imine (C=N–C) groups is 1. The third-order valence-electron chi connectivity index (χ3n) is 3.27. The number of rotatable bonds is 5. The Morgan fingerprint density at radius 3 is 2.65 bits per heavy atom. The van der Waals surface area contributed by atoms with Crippen molar-refractivity contribution in [2.24, 2.45) is 12.0 Å². The molecule has 1 aromatic rings. The molecule has 0 saturated carbocycles. The number of aromatic nitrogens is 1. The van der Waals surface area contributed by atoms with E-state index >= 15 is 0 Å². The molecule has 1 N–H and O–H groups in total. The summed E-state index contributed by atoms with van der Waals surface area (Å²) in [6, 6.07) is 1.98. The Morgan fingerprint density at radius 2 is 2.20 bits per heavy atom. The number of thioether (sulfide) groups is 1. The summed E-state index contributed by atoms with van der Waals surface area (Å²) >= 11 is 7.86. The summed E-state index contributed by atoms with van der Waals surface area (Å²) in [4.78, 5) is 6.44. The van der Waals surface area contributed by atoms with Gasteiger partial charge in [-0.2, -0.15) is 11.8 Å². The molecule has 1 rings (SSSR count). The lowest BCUT2D eigenvalue weighted by Gasteiger charge is -2.27. The lowest BCUT2D eigenvalue weighted by atomic mass is 10.2. The van der Waals surface area contributed by atoms with E-state index in [1.54, 1.807) is 0 Å². The first-order chi connectivity index (χ1) is 9.29. The fourth-order valence-corrected chi connectivity index (χ4v) is 2.28. The van der Waals surface area contributed by atoms with E-state index in [0.717, 1.165) is 29.8 Å². The average Bonchev–Trinajstić information content (AvgIpc) is 2.68. The van der Waals surface area contributed by atoms with Gasteiger partial charge in [0.15, 0.2) is 5.96 Å². The standard InChI is InChI=1S/C14H25ClN4S/c1-14(2,20-6)10-17-13(16-3)19(5)9-12-7-11(15)8-18(12)4/h7-8H,9-10H2,1-6H3,(H,16,17). The molecule has 0 fully saturated rings. The zero-order valence-electron chi connectivity index (χ0n) is 13.2. The van der Waals surface area contributed by atoms with Gasteiger partial charge in [-0.05, 0) is 26.2 Å². The summed E-state index contributed by atoms with van der Waals surface area (Å²) in [6.07, 6.45) is 4.04. The van der Waals surface area contributed by atoms with Crippen LogP contribution in [0.1, 0.15) is 19.5 Å². The average molecular weight is 317 g/mol. The maximum atomic E-state index is 6.01. The molecule has 0 radical (unpaired) electrons. The fraction of sp³-hybridized carbons (Fsp3) is 0.643. The molecule has 4 nitrogen and oxygen atoms in total. The normalized spacial score (nSPS) is 12.7. The third kappa shape index (κ3) is 4.94. The van der Waals surface area contributed by atoms with Gasteiger partial charge < -0.3 is 14.8 Å². The topological polar surface area (TPSA) is 32.6 Å². The van der Waals surface area contributed by atoms with Crippen molar-refractivity contribution < 1.29 is 0 Å². The Labute approximate surface area is 131 Å². The number of nitrogens with one attached hydrogen (secondary N) is 1. The number of guanidine groups is 1. The van der Waals surface area contributed by atoms with Crippen molar-refractivity contribution in [1.82, 2.24) is 14.8 Å². The van der Waals surface area contributed by atoms with Gasteiger partial charge in [-0.15, -0.1) is 0 Å². The zero-order valence-corrected chi connectivity index (χ0v) is 14.8. The highest BCUT2D eigenvalue weighted by Gasteiger charge is 2.17. The Bertz CT molecular complexity index is 468. The molecule has 114 valence electrons. The molecule has 0 amide bonds. The van der Waals surface area contributed by atoms with Crippen molar-refractivity contribution in [1.29, 1.82) is 0 Å². The van der Waals surface area contributed by atoms with Crippen LogP contribution in [0.5, 0.6) is 0 Å². The summed E-state index contributed by atoms with van der Waals surface area (Å²) in [5.41, 5.74) is 1.16. The van der Waals surface area contributed by atoms with Gasteiger partial charge in [0.05, 0.1) is 11.6 Å². The summed E-state index contributed by atoms with van der Waals surface area (Å²) in [6.45, 7) is 6.07. The maximum absolute atomic E-state index is 6.01. The number of nitrogens with zero attached hydrogens (tertiary/aromatic N) is 3. The molecule has 6 heteroatoms. The number of hydrogen-bond acceptors (Lipinski definition) is 2. The first-order valence-electron chi connectivity index (χ1n) is 6.56. The smallest absolute Gasteiger partial charge is 0.193 e. The molecule has 0 aliphatic heterocycles. The first kappa shape index (κ1) is 17.2. The van der Waals surface area contributed by atoms with Gasteiger partial charge in [0.1, 0.15) is 0 Å². The Kier molecular flexibility index (Phi) is 6.27. The summed E-state index contributed by atoms with van der Waals surface area (Å²) < 4.78 is 2.23. The van der Waals surface area contributed by atoms with Crippen molar-refractivity contribution in [3.63, 3.8) is 0 Å². The molecule has 1 heterocycles. The molecule has 20 heavy (non-hydrogen) atoms. The Morgan fingerprint density at radius 1 is 1.55 bits per heavy atom. The second-order valence-corrected chi connectivity index (χ2v) is 7.43. The Balaban J connectivity index is 2.64. The minimum atomic E-state index is 0.186. The molecule has 1 aromatic heterocycles. The molecule has 0 saturated heterocycles. The van der Waals surface area contributed by atoms with E-state index in [-0.39, 0.29) is 4.75 Å². The summed E-state index contributed by atoms with van der Waals surface area (Å²) in [5, 5.41) is 4.19. The van der Waals surface area contributed by atoms with Crippen molar-refractivity contribution >= 4 is 29.3 Å². The van der Waals surface area contributed by atoms with Gasteiger partial charge in [0.25, 0.3) is 0 Å². The lowest BCUT2D eigenvalue weighted by molar-refractivity contribution is 0.458. The fourth-order valence-electron chi connectivity index (χ4n) is 1.79. The zero-order chi connectivity index (χ0) is 15.3. The van der Waals surface area contributed by atoms with E-state index in [9.17, 15) is 0 Å². The minimum Gasteiger partial charge on any atom is -0.355 e.